The molecule has 1 saturated heterocycles. The number of hydrogen-bond acceptors (Lipinski definition) is 9. The van der Waals surface area contributed by atoms with E-state index >= 15 is 0 Å². The van der Waals surface area contributed by atoms with E-state index in [-0.39, 0.29) is 24.4 Å². The minimum Gasteiger partial charge on any atom is -0.463 e. The Balaban J connectivity index is 1.22. The Bertz CT molecular complexity index is 1640. The number of nitrogens with zero attached hydrogens (tertiary/aromatic N) is 2. The summed E-state index contributed by atoms with van der Waals surface area (Å²) in [5, 5.41) is 18.2. The molecule has 13 heteroatoms. The van der Waals surface area contributed by atoms with E-state index in [4.69, 9.17) is 18.9 Å². The molecule has 2 aliphatic heterocycles. The normalized spacial score (nSPS) is 17.6. The van der Waals surface area contributed by atoms with Crippen LogP contribution in [0.4, 0.5) is 21.0 Å². The Hall–Kier alpha value is -5.11. The van der Waals surface area contributed by atoms with Gasteiger partial charge < -0.3 is 34.3 Å². The molecule has 2 heterocycles. The molecule has 0 radical (unpaired) electrons. The summed E-state index contributed by atoms with van der Waals surface area (Å²) in [6.45, 7) is 8.21. The van der Waals surface area contributed by atoms with Crippen molar-refractivity contribution < 1.29 is 38.4 Å². The van der Waals surface area contributed by atoms with E-state index in [1.807, 2.05) is 12.2 Å². The highest BCUT2D eigenvalue weighted by Crippen LogP contribution is 2.26. The lowest BCUT2D eigenvalue weighted by Gasteiger charge is -2.31. The Labute approximate surface area is 292 Å². The van der Waals surface area contributed by atoms with E-state index < -0.39 is 18.0 Å². The van der Waals surface area contributed by atoms with Gasteiger partial charge in [0.05, 0.1) is 18.0 Å². The van der Waals surface area contributed by atoms with E-state index in [9.17, 15) is 19.5 Å². The molecule has 1 fully saturated rings. The van der Waals surface area contributed by atoms with E-state index in [1.165, 1.54) is 12.5 Å². The van der Waals surface area contributed by atoms with Gasteiger partial charge in [-0.15, -0.1) is 0 Å². The molecule has 5 rings (SSSR count). The van der Waals surface area contributed by atoms with Crippen molar-refractivity contribution in [3.05, 3.63) is 108 Å². The average Bonchev–Trinajstić information content (AvgIpc) is 3.08. The fourth-order valence-corrected chi connectivity index (χ4v) is 5.43. The highest BCUT2D eigenvalue weighted by molar-refractivity contribution is 6.06. The van der Waals surface area contributed by atoms with Gasteiger partial charge in [0.2, 0.25) is 5.88 Å². The summed E-state index contributed by atoms with van der Waals surface area (Å²) in [7, 11) is 0. The minimum absolute atomic E-state index is 0.178. The number of hydrogen-bond donors (Lipinski definition) is 4. The number of amides is 4. The van der Waals surface area contributed by atoms with Gasteiger partial charge in [-0.2, -0.15) is 0 Å². The molecular weight excluding hydrogens is 642 g/mol. The fourth-order valence-electron chi connectivity index (χ4n) is 5.43. The van der Waals surface area contributed by atoms with E-state index in [2.05, 4.69) is 26.9 Å². The molecule has 13 nitrogen and oxygen atoms in total. The Morgan fingerprint density at radius 1 is 1.02 bits per heavy atom. The van der Waals surface area contributed by atoms with E-state index in [0.717, 1.165) is 24.0 Å². The Morgan fingerprint density at radius 2 is 1.78 bits per heavy atom. The molecule has 0 aromatic heterocycles. The second-order valence-corrected chi connectivity index (χ2v) is 13.0. The summed E-state index contributed by atoms with van der Waals surface area (Å²) in [6, 6.07) is 13.4. The maximum Gasteiger partial charge on any atom is 0.412 e. The zero-order valence-corrected chi connectivity index (χ0v) is 28.6. The van der Waals surface area contributed by atoms with Crippen LogP contribution in [0.3, 0.4) is 0 Å². The SMILES string of the molecule is CC(C)(C)OC(=O)Nc1ccccc1NC(=O)c1ccc(CN(CCCN2CCOC(O)C2)C(=O)NC2=COC=C(C3=CC=CCC3)O2)cc1. The van der Waals surface area contributed by atoms with Gasteiger partial charge in [-0.1, -0.05) is 42.5 Å². The number of para-hydroxylation sites is 2. The number of carbonyl (C=O) groups excluding carboxylic acids is 3. The molecule has 1 aliphatic carbocycles. The van der Waals surface area contributed by atoms with E-state index in [0.29, 0.717) is 61.9 Å². The summed E-state index contributed by atoms with van der Waals surface area (Å²) in [5.74, 6) is 0.352. The van der Waals surface area contributed by atoms with Crippen molar-refractivity contribution in [1.29, 1.82) is 0 Å². The summed E-state index contributed by atoms with van der Waals surface area (Å²) >= 11 is 0. The van der Waals surface area contributed by atoms with Crippen LogP contribution in [0.2, 0.25) is 0 Å². The fraction of sp³-hybridized carbons (Fsp3) is 0.378. The van der Waals surface area contributed by atoms with Crippen LogP contribution >= 0.6 is 0 Å². The number of anilines is 2. The molecule has 4 amide bonds. The van der Waals surface area contributed by atoms with Crippen LogP contribution in [0.1, 0.15) is 56.0 Å². The largest absolute Gasteiger partial charge is 0.463 e. The second-order valence-electron chi connectivity index (χ2n) is 13.0. The highest BCUT2D eigenvalue weighted by Gasteiger charge is 2.23. The summed E-state index contributed by atoms with van der Waals surface area (Å²) < 4.78 is 22.0. The molecule has 4 N–H and O–H groups in total. The highest BCUT2D eigenvalue weighted by atomic mass is 16.6. The first kappa shape index (κ1) is 36.2. The summed E-state index contributed by atoms with van der Waals surface area (Å²) in [6.07, 6.45) is 9.77. The van der Waals surface area contributed by atoms with Crippen LogP contribution in [0.25, 0.3) is 0 Å². The molecule has 2 aromatic carbocycles. The lowest BCUT2D eigenvalue weighted by molar-refractivity contribution is -0.146. The number of allylic oxidation sites excluding steroid dienone is 4. The average molecular weight is 688 g/mol. The van der Waals surface area contributed by atoms with Crippen LogP contribution in [0, 0.1) is 0 Å². The van der Waals surface area contributed by atoms with Crippen molar-refractivity contribution in [3.63, 3.8) is 0 Å². The first-order valence-electron chi connectivity index (χ1n) is 16.7. The Kier molecular flexibility index (Phi) is 12.3. The zero-order valence-electron chi connectivity index (χ0n) is 28.6. The summed E-state index contributed by atoms with van der Waals surface area (Å²) in [4.78, 5) is 42.9. The van der Waals surface area contributed by atoms with Gasteiger partial charge in [0.1, 0.15) is 11.9 Å². The predicted molar refractivity (Wildman–Crippen MR) is 187 cm³/mol. The molecule has 50 heavy (non-hydrogen) atoms. The smallest absolute Gasteiger partial charge is 0.412 e. The van der Waals surface area contributed by atoms with Crippen LogP contribution in [0.5, 0.6) is 0 Å². The number of benzene rings is 2. The number of urea groups is 1. The maximum absolute atomic E-state index is 13.6. The molecule has 1 unspecified atom stereocenters. The number of aliphatic hydroxyl groups is 1. The standard InChI is InChI=1S/C37H45N5O8/c1-37(2,3)50-36(46)39-30-13-8-7-12-29(30)38-34(44)28-16-14-26(15-17-28)22-42(19-9-18-41-20-21-48-33(43)23-41)35(45)40-32-25-47-24-31(49-32)27-10-5-4-6-11-27/h4-5,7-8,10,12-17,24-25,33,43H,6,9,11,18-23H2,1-3H3,(H,38,44)(H,39,46)(H,40,45). The number of carbonyl (C=O) groups is 3. The third-order valence-corrected chi connectivity index (χ3v) is 7.85. The van der Waals surface area contributed by atoms with Crippen molar-refractivity contribution in [1.82, 2.24) is 15.1 Å². The van der Waals surface area contributed by atoms with Crippen LogP contribution in [-0.4, -0.2) is 77.6 Å². The van der Waals surface area contributed by atoms with Gasteiger partial charge >= 0.3 is 12.1 Å². The van der Waals surface area contributed by atoms with E-state index in [1.54, 1.807) is 74.2 Å². The Morgan fingerprint density at radius 3 is 2.48 bits per heavy atom. The third kappa shape index (κ3) is 11.0. The van der Waals surface area contributed by atoms with Crippen LogP contribution in [-0.2, 0) is 25.5 Å². The molecule has 2 aromatic rings. The third-order valence-electron chi connectivity index (χ3n) is 7.85. The van der Waals surface area contributed by atoms with Crippen molar-refractivity contribution in [2.45, 2.75) is 58.5 Å². The number of nitrogens with one attached hydrogen (secondary N) is 3. The van der Waals surface area contributed by atoms with Gasteiger partial charge in [0.25, 0.3) is 5.91 Å². The molecule has 266 valence electrons. The van der Waals surface area contributed by atoms with Crippen molar-refractivity contribution in [3.8, 4) is 0 Å². The molecule has 1 atom stereocenters. The maximum atomic E-state index is 13.6. The lowest BCUT2D eigenvalue weighted by Crippen LogP contribution is -2.44. The van der Waals surface area contributed by atoms with Crippen molar-refractivity contribution in [2.75, 3.05) is 43.4 Å². The van der Waals surface area contributed by atoms with Crippen molar-refractivity contribution in [2.24, 2.45) is 0 Å². The number of β-amino-alcohol motifs (C(OH)–C–C–N with tert-alkyl or cyclic N) is 1. The lowest BCUT2D eigenvalue weighted by atomic mass is 10.0. The number of aliphatic hydroxyl groups excluding tert-OH is 1. The first-order chi connectivity index (χ1) is 24.0. The number of rotatable bonds is 11. The van der Waals surface area contributed by atoms with Crippen molar-refractivity contribution >= 4 is 29.4 Å². The monoisotopic (exact) mass is 687 g/mol. The quantitative estimate of drug-likeness (QED) is 0.230. The molecule has 3 aliphatic rings. The zero-order chi connectivity index (χ0) is 35.5. The molecular formula is C37H45N5O8. The molecule has 0 saturated carbocycles. The first-order valence-corrected chi connectivity index (χ1v) is 16.7. The topological polar surface area (TPSA) is 151 Å². The summed E-state index contributed by atoms with van der Waals surface area (Å²) in [5.41, 5.74) is 2.32. The predicted octanol–water partition coefficient (Wildman–Crippen LogP) is 5.80. The van der Waals surface area contributed by atoms with Crippen LogP contribution < -0.4 is 16.0 Å². The van der Waals surface area contributed by atoms with Crippen LogP contribution in [0.15, 0.2) is 96.5 Å². The number of morpholine rings is 1. The number of ether oxygens (including phenoxy) is 4. The minimum atomic E-state index is -0.819. The van der Waals surface area contributed by atoms with Gasteiger partial charge in [-0.05, 0) is 75.4 Å². The van der Waals surface area contributed by atoms with Gasteiger partial charge in [-0.3, -0.25) is 20.3 Å². The van der Waals surface area contributed by atoms with Gasteiger partial charge in [0.15, 0.2) is 18.3 Å². The molecule has 0 bridgehead atoms. The van der Waals surface area contributed by atoms with Gasteiger partial charge in [-0.25, -0.2) is 9.59 Å². The van der Waals surface area contributed by atoms with Gasteiger partial charge in [0, 0.05) is 38.3 Å². The second kappa shape index (κ2) is 17.0. The molecule has 0 spiro atoms.